The van der Waals surface area contributed by atoms with E-state index < -0.39 is 0 Å². The summed E-state index contributed by atoms with van der Waals surface area (Å²) in [6, 6.07) is 0.584. The fourth-order valence-corrected chi connectivity index (χ4v) is 4.73. The summed E-state index contributed by atoms with van der Waals surface area (Å²) in [6.45, 7) is 11.3. The van der Waals surface area contributed by atoms with Crippen LogP contribution >= 0.6 is 0 Å². The van der Waals surface area contributed by atoms with Crippen molar-refractivity contribution in [3.05, 3.63) is 0 Å². The second-order valence-corrected chi connectivity index (χ2v) is 7.95. The monoisotopic (exact) mass is 349 g/mol. The van der Waals surface area contributed by atoms with Crippen molar-refractivity contribution in [2.24, 2.45) is 10.4 Å². The molecule has 2 unspecified atom stereocenters. The first kappa shape index (κ1) is 18.5. The van der Waals surface area contributed by atoms with E-state index in [0.717, 1.165) is 58.1 Å². The Hall–Kier alpha value is -1.30. The number of likely N-dealkylation sites (N-methyl/N-ethyl adjacent to an activating group) is 1. The molecule has 3 aliphatic rings. The molecule has 1 spiro atoms. The Bertz CT molecular complexity index is 494. The van der Waals surface area contributed by atoms with Crippen LogP contribution in [0.1, 0.15) is 52.4 Å². The van der Waals surface area contributed by atoms with E-state index in [1.54, 1.807) is 0 Å². The molecule has 142 valence electrons. The molecular weight excluding hydrogens is 314 g/mol. The first-order valence-corrected chi connectivity index (χ1v) is 10.2. The number of nitrogens with zero attached hydrogens (tertiary/aromatic N) is 3. The number of likely N-dealkylation sites (tertiary alicyclic amines) is 2. The van der Waals surface area contributed by atoms with Gasteiger partial charge in [-0.3, -0.25) is 14.7 Å². The van der Waals surface area contributed by atoms with Crippen LogP contribution in [0.15, 0.2) is 4.99 Å². The van der Waals surface area contributed by atoms with Crippen molar-refractivity contribution in [2.45, 2.75) is 58.4 Å². The Kier molecular flexibility index (Phi) is 6.20. The van der Waals surface area contributed by atoms with Crippen molar-refractivity contribution in [3.8, 4) is 0 Å². The van der Waals surface area contributed by atoms with E-state index in [9.17, 15) is 4.79 Å². The van der Waals surface area contributed by atoms with Crippen molar-refractivity contribution in [3.63, 3.8) is 0 Å². The topological polar surface area (TPSA) is 60.0 Å². The molecule has 3 heterocycles. The van der Waals surface area contributed by atoms with Crippen LogP contribution in [-0.2, 0) is 4.79 Å². The van der Waals surface area contributed by atoms with Gasteiger partial charge in [-0.2, -0.15) is 0 Å². The molecule has 6 nitrogen and oxygen atoms in total. The zero-order chi connectivity index (χ0) is 17.7. The van der Waals surface area contributed by atoms with Gasteiger partial charge in [0, 0.05) is 44.1 Å². The Labute approximate surface area is 152 Å². The van der Waals surface area contributed by atoms with Gasteiger partial charge in [-0.15, -0.1) is 0 Å². The molecule has 0 bridgehead atoms. The highest BCUT2D eigenvalue weighted by atomic mass is 16.1. The molecule has 3 saturated heterocycles. The van der Waals surface area contributed by atoms with Gasteiger partial charge in [0.25, 0.3) is 0 Å². The summed E-state index contributed by atoms with van der Waals surface area (Å²) in [6.07, 6.45) is 6.88. The van der Waals surface area contributed by atoms with Crippen LogP contribution in [0, 0.1) is 5.41 Å². The maximum absolute atomic E-state index is 11.7. The largest absolute Gasteiger partial charge is 0.357 e. The lowest BCUT2D eigenvalue weighted by molar-refractivity contribution is -0.119. The predicted molar refractivity (Wildman–Crippen MR) is 102 cm³/mol. The highest BCUT2D eigenvalue weighted by Crippen LogP contribution is 2.36. The van der Waals surface area contributed by atoms with Gasteiger partial charge < -0.3 is 15.5 Å². The van der Waals surface area contributed by atoms with Gasteiger partial charge in [0.2, 0.25) is 5.91 Å². The van der Waals surface area contributed by atoms with E-state index in [1.807, 2.05) is 0 Å². The quantitative estimate of drug-likeness (QED) is 0.595. The maximum atomic E-state index is 11.7. The number of hydrogen-bond acceptors (Lipinski definition) is 3. The lowest BCUT2D eigenvalue weighted by atomic mass is 9.79. The van der Waals surface area contributed by atoms with Crippen LogP contribution in [0.2, 0.25) is 0 Å². The first-order chi connectivity index (χ1) is 12.2. The van der Waals surface area contributed by atoms with E-state index in [0.29, 0.717) is 12.5 Å². The normalized spacial score (nSPS) is 31.4. The van der Waals surface area contributed by atoms with Crippen LogP contribution in [0.5, 0.6) is 0 Å². The lowest BCUT2D eigenvalue weighted by Crippen LogP contribution is -2.51. The molecule has 0 aromatic rings. The number of piperidine rings is 2. The highest BCUT2D eigenvalue weighted by molar-refractivity contribution is 5.81. The molecule has 2 N–H and O–H groups in total. The molecule has 3 aliphatic heterocycles. The van der Waals surface area contributed by atoms with Crippen LogP contribution in [0.4, 0.5) is 0 Å². The Morgan fingerprint density at radius 3 is 2.92 bits per heavy atom. The Morgan fingerprint density at radius 2 is 2.20 bits per heavy atom. The van der Waals surface area contributed by atoms with Gasteiger partial charge in [-0.25, -0.2) is 0 Å². The summed E-state index contributed by atoms with van der Waals surface area (Å²) in [5.74, 6) is 1.26. The molecule has 0 aliphatic carbocycles. The molecule has 3 rings (SSSR count). The second-order valence-electron chi connectivity index (χ2n) is 7.95. The van der Waals surface area contributed by atoms with Crippen LogP contribution < -0.4 is 10.6 Å². The standard InChI is InChI=1S/C19H35N5O/c1-3-20-18(21-13-16-8-5-6-10-23(16)4-2)24-11-7-9-19(15-24)12-17(25)22-14-19/h16H,3-15H2,1-2H3,(H,20,21)(H,22,25). The van der Waals surface area contributed by atoms with E-state index in [1.165, 1.54) is 25.8 Å². The molecule has 0 aromatic heterocycles. The number of hydrogen-bond donors (Lipinski definition) is 2. The number of rotatable bonds is 4. The Balaban J connectivity index is 1.66. The van der Waals surface area contributed by atoms with Gasteiger partial charge in [0.15, 0.2) is 5.96 Å². The van der Waals surface area contributed by atoms with Crippen LogP contribution in [0.25, 0.3) is 0 Å². The highest BCUT2D eigenvalue weighted by Gasteiger charge is 2.42. The minimum absolute atomic E-state index is 0.117. The SMILES string of the molecule is CCNC(=NCC1CCCCN1CC)N1CCCC2(CNC(=O)C2)C1. The number of nitrogens with one attached hydrogen (secondary N) is 2. The minimum Gasteiger partial charge on any atom is -0.357 e. The van der Waals surface area contributed by atoms with Crippen molar-refractivity contribution in [1.82, 2.24) is 20.4 Å². The smallest absolute Gasteiger partial charge is 0.220 e. The summed E-state index contributed by atoms with van der Waals surface area (Å²) in [7, 11) is 0. The lowest BCUT2D eigenvalue weighted by Gasteiger charge is -2.41. The van der Waals surface area contributed by atoms with Crippen LogP contribution in [0.3, 0.4) is 0 Å². The van der Waals surface area contributed by atoms with Gasteiger partial charge in [-0.05, 0) is 45.7 Å². The van der Waals surface area contributed by atoms with Gasteiger partial charge in [0.05, 0.1) is 6.54 Å². The van der Waals surface area contributed by atoms with Crippen LogP contribution in [-0.4, -0.2) is 73.5 Å². The number of carbonyl (C=O) groups is 1. The van der Waals surface area contributed by atoms with E-state index >= 15 is 0 Å². The van der Waals surface area contributed by atoms with Gasteiger partial charge in [-0.1, -0.05) is 13.3 Å². The second kappa shape index (κ2) is 8.39. The fraction of sp³-hybridized carbons (Fsp3) is 0.895. The van der Waals surface area contributed by atoms with Crippen molar-refractivity contribution in [2.75, 3.05) is 45.8 Å². The predicted octanol–water partition coefficient (Wildman–Crippen LogP) is 1.43. The van der Waals surface area contributed by atoms with Crippen molar-refractivity contribution >= 4 is 11.9 Å². The molecule has 0 aromatic carbocycles. The first-order valence-electron chi connectivity index (χ1n) is 10.2. The van der Waals surface area contributed by atoms with Crippen molar-refractivity contribution in [1.29, 1.82) is 0 Å². The average Bonchev–Trinajstić information content (AvgIpc) is 2.98. The van der Waals surface area contributed by atoms with E-state index in [4.69, 9.17) is 4.99 Å². The summed E-state index contributed by atoms with van der Waals surface area (Å²) in [5, 5.41) is 6.53. The average molecular weight is 350 g/mol. The number of amides is 1. The number of aliphatic imine (C=N–C) groups is 1. The fourth-order valence-electron chi connectivity index (χ4n) is 4.73. The summed E-state index contributed by atoms with van der Waals surface area (Å²) >= 11 is 0. The summed E-state index contributed by atoms with van der Waals surface area (Å²) < 4.78 is 0. The zero-order valence-corrected chi connectivity index (χ0v) is 16.0. The molecule has 6 heteroatoms. The minimum atomic E-state index is 0.117. The van der Waals surface area contributed by atoms with E-state index in [2.05, 4.69) is 34.3 Å². The third kappa shape index (κ3) is 4.46. The number of carbonyl (C=O) groups excluding carboxylic acids is 1. The van der Waals surface area contributed by atoms with Gasteiger partial charge in [0.1, 0.15) is 0 Å². The maximum Gasteiger partial charge on any atom is 0.220 e. The zero-order valence-electron chi connectivity index (χ0n) is 16.0. The van der Waals surface area contributed by atoms with E-state index in [-0.39, 0.29) is 11.3 Å². The molecular formula is C19H35N5O. The third-order valence-corrected chi connectivity index (χ3v) is 6.10. The molecule has 2 atom stereocenters. The Morgan fingerprint density at radius 1 is 1.32 bits per heavy atom. The molecule has 3 fully saturated rings. The third-order valence-electron chi connectivity index (χ3n) is 6.10. The molecule has 0 saturated carbocycles. The molecule has 0 radical (unpaired) electrons. The summed E-state index contributed by atoms with van der Waals surface area (Å²) in [5.41, 5.74) is 0.117. The summed E-state index contributed by atoms with van der Waals surface area (Å²) in [4.78, 5) is 21.7. The molecule has 1 amide bonds. The van der Waals surface area contributed by atoms with Crippen molar-refractivity contribution < 1.29 is 4.79 Å². The number of guanidine groups is 1. The van der Waals surface area contributed by atoms with Gasteiger partial charge >= 0.3 is 0 Å². The molecule has 25 heavy (non-hydrogen) atoms.